The van der Waals surface area contributed by atoms with Crippen LogP contribution in [0.5, 0.6) is 5.75 Å². The second kappa shape index (κ2) is 8.25. The topological polar surface area (TPSA) is 60.2 Å². The zero-order valence-electron chi connectivity index (χ0n) is 16.5. The highest BCUT2D eigenvalue weighted by atomic mass is 35.5. The second-order valence-electron chi connectivity index (χ2n) is 7.20. The van der Waals surface area contributed by atoms with Crippen molar-refractivity contribution >= 4 is 17.5 Å². The SMILES string of the molecule is COc1ccc(Cl)cc1C(=O)N1CCCC1c1ncc(C)n1Cc1ccncc1. The third-order valence-corrected chi connectivity index (χ3v) is 5.61. The van der Waals surface area contributed by atoms with Crippen LogP contribution in [0, 0.1) is 6.92 Å². The number of pyridine rings is 1. The van der Waals surface area contributed by atoms with E-state index in [1.807, 2.05) is 30.2 Å². The van der Waals surface area contributed by atoms with Gasteiger partial charge in [-0.25, -0.2) is 4.98 Å². The largest absolute Gasteiger partial charge is 0.496 e. The number of halogens is 1. The van der Waals surface area contributed by atoms with Crippen molar-refractivity contribution < 1.29 is 9.53 Å². The first kappa shape index (κ1) is 19.5. The summed E-state index contributed by atoms with van der Waals surface area (Å²) in [5, 5.41) is 0.514. The van der Waals surface area contributed by atoms with Gasteiger partial charge in [-0.1, -0.05) is 11.6 Å². The number of benzene rings is 1. The highest BCUT2D eigenvalue weighted by Gasteiger charge is 2.35. The Hall–Kier alpha value is -2.86. The Kier molecular flexibility index (Phi) is 5.53. The van der Waals surface area contributed by atoms with Gasteiger partial charge in [0.2, 0.25) is 0 Å². The smallest absolute Gasteiger partial charge is 0.258 e. The number of aryl methyl sites for hydroxylation is 1. The lowest BCUT2D eigenvalue weighted by molar-refractivity contribution is 0.0724. The average molecular weight is 411 g/mol. The maximum Gasteiger partial charge on any atom is 0.258 e. The molecule has 0 aliphatic carbocycles. The van der Waals surface area contributed by atoms with Gasteiger partial charge in [0.1, 0.15) is 11.6 Å². The number of carbonyl (C=O) groups excluding carboxylic acids is 1. The van der Waals surface area contributed by atoms with Gasteiger partial charge in [-0.3, -0.25) is 9.78 Å². The van der Waals surface area contributed by atoms with E-state index in [1.54, 1.807) is 37.7 Å². The zero-order chi connectivity index (χ0) is 20.4. The lowest BCUT2D eigenvalue weighted by Gasteiger charge is -2.26. The first-order valence-corrected chi connectivity index (χ1v) is 10.0. The number of likely N-dealkylation sites (tertiary alicyclic amines) is 1. The summed E-state index contributed by atoms with van der Waals surface area (Å²) in [5.74, 6) is 1.36. The van der Waals surface area contributed by atoms with Crippen LogP contribution in [-0.4, -0.2) is 39.0 Å². The highest BCUT2D eigenvalue weighted by Crippen LogP contribution is 2.35. The van der Waals surface area contributed by atoms with Crippen LogP contribution in [0.2, 0.25) is 5.02 Å². The molecule has 4 rings (SSSR count). The molecule has 1 unspecified atom stereocenters. The molecule has 0 saturated carbocycles. The number of methoxy groups -OCH3 is 1. The van der Waals surface area contributed by atoms with Crippen LogP contribution in [-0.2, 0) is 6.54 Å². The van der Waals surface area contributed by atoms with Crippen molar-refractivity contribution in [1.29, 1.82) is 0 Å². The Bertz CT molecular complexity index is 1020. The first-order valence-electron chi connectivity index (χ1n) is 9.64. The molecule has 1 aliphatic heterocycles. The van der Waals surface area contributed by atoms with E-state index < -0.39 is 0 Å². The van der Waals surface area contributed by atoms with E-state index in [1.165, 1.54) is 0 Å². The van der Waals surface area contributed by atoms with Crippen LogP contribution < -0.4 is 4.74 Å². The van der Waals surface area contributed by atoms with Crippen molar-refractivity contribution in [3.63, 3.8) is 0 Å². The molecule has 6 nitrogen and oxygen atoms in total. The van der Waals surface area contributed by atoms with E-state index in [4.69, 9.17) is 16.3 Å². The number of aromatic nitrogens is 3. The molecule has 1 aromatic carbocycles. The Labute approximate surface area is 175 Å². The van der Waals surface area contributed by atoms with Crippen LogP contribution in [0.25, 0.3) is 0 Å². The number of carbonyl (C=O) groups is 1. The monoisotopic (exact) mass is 410 g/mol. The molecule has 0 radical (unpaired) electrons. The van der Waals surface area contributed by atoms with E-state index in [-0.39, 0.29) is 11.9 Å². The molecule has 1 fully saturated rings. The predicted octanol–water partition coefficient (Wildman–Crippen LogP) is 4.27. The van der Waals surface area contributed by atoms with Gasteiger partial charge in [-0.2, -0.15) is 0 Å². The van der Waals surface area contributed by atoms with Crippen molar-refractivity contribution in [2.45, 2.75) is 32.4 Å². The molecule has 1 aliphatic rings. The van der Waals surface area contributed by atoms with E-state index in [0.717, 1.165) is 29.9 Å². The van der Waals surface area contributed by atoms with Gasteiger partial charge in [0.15, 0.2) is 0 Å². The van der Waals surface area contributed by atoms with Gasteiger partial charge in [0.05, 0.1) is 18.7 Å². The van der Waals surface area contributed by atoms with Gasteiger partial charge in [-0.15, -0.1) is 0 Å². The summed E-state index contributed by atoms with van der Waals surface area (Å²) in [7, 11) is 1.56. The van der Waals surface area contributed by atoms with Crippen LogP contribution in [0.1, 0.15) is 46.3 Å². The Balaban J connectivity index is 1.66. The minimum atomic E-state index is -0.0817. The molecule has 0 N–H and O–H groups in total. The maximum absolute atomic E-state index is 13.4. The molecule has 2 aromatic heterocycles. The van der Waals surface area contributed by atoms with Crippen LogP contribution in [0.4, 0.5) is 0 Å². The van der Waals surface area contributed by atoms with E-state index >= 15 is 0 Å². The van der Waals surface area contributed by atoms with Crippen LogP contribution >= 0.6 is 11.6 Å². The fourth-order valence-electron chi connectivity index (χ4n) is 3.90. The Morgan fingerprint density at radius 1 is 1.28 bits per heavy atom. The molecule has 0 spiro atoms. The molecule has 1 atom stereocenters. The third-order valence-electron chi connectivity index (χ3n) is 5.38. The fourth-order valence-corrected chi connectivity index (χ4v) is 4.07. The highest BCUT2D eigenvalue weighted by molar-refractivity contribution is 6.31. The minimum absolute atomic E-state index is 0.0806. The van der Waals surface area contributed by atoms with Gasteiger partial charge in [-0.05, 0) is 55.7 Å². The van der Waals surface area contributed by atoms with Crippen molar-refractivity contribution in [3.8, 4) is 5.75 Å². The molecule has 1 saturated heterocycles. The summed E-state index contributed by atoms with van der Waals surface area (Å²) in [6.07, 6.45) is 7.26. The predicted molar refractivity (Wildman–Crippen MR) is 111 cm³/mol. The van der Waals surface area contributed by atoms with E-state index in [2.05, 4.69) is 14.5 Å². The van der Waals surface area contributed by atoms with Crippen molar-refractivity contribution in [2.24, 2.45) is 0 Å². The number of imidazole rings is 1. The molecule has 150 valence electrons. The Morgan fingerprint density at radius 3 is 2.83 bits per heavy atom. The van der Waals surface area contributed by atoms with Gasteiger partial charge in [0, 0.05) is 42.4 Å². The maximum atomic E-state index is 13.4. The zero-order valence-corrected chi connectivity index (χ0v) is 17.3. The lowest BCUT2D eigenvalue weighted by Crippen LogP contribution is -2.32. The Morgan fingerprint density at radius 2 is 2.07 bits per heavy atom. The molecule has 29 heavy (non-hydrogen) atoms. The molecular formula is C22H23ClN4O2. The quantitative estimate of drug-likeness (QED) is 0.630. The molecule has 3 aromatic rings. The number of nitrogens with zero attached hydrogens (tertiary/aromatic N) is 4. The lowest BCUT2D eigenvalue weighted by atomic mass is 10.1. The van der Waals surface area contributed by atoms with E-state index in [0.29, 0.717) is 29.4 Å². The molecule has 1 amide bonds. The van der Waals surface area contributed by atoms with Crippen LogP contribution in [0.3, 0.4) is 0 Å². The standard InChI is InChI=1S/C22H23ClN4O2/c1-15-13-25-21(27(15)14-16-7-9-24-10-8-16)19-4-3-11-26(19)22(28)18-12-17(23)5-6-20(18)29-2/h5-10,12-13,19H,3-4,11,14H2,1-2H3. The summed E-state index contributed by atoms with van der Waals surface area (Å²) in [4.78, 5) is 24.0. The summed E-state index contributed by atoms with van der Waals surface area (Å²) in [6.45, 7) is 3.42. The molecule has 7 heteroatoms. The first-order chi connectivity index (χ1) is 14.1. The second-order valence-corrected chi connectivity index (χ2v) is 7.64. The molecular weight excluding hydrogens is 388 g/mol. The van der Waals surface area contributed by atoms with Gasteiger partial charge >= 0.3 is 0 Å². The molecule has 3 heterocycles. The van der Waals surface area contributed by atoms with Gasteiger partial charge in [0.25, 0.3) is 5.91 Å². The normalized spacial score (nSPS) is 16.2. The fraction of sp³-hybridized carbons (Fsp3) is 0.318. The number of hydrogen-bond donors (Lipinski definition) is 0. The van der Waals surface area contributed by atoms with Crippen LogP contribution in [0.15, 0.2) is 48.9 Å². The van der Waals surface area contributed by atoms with Crippen molar-refractivity contribution in [2.75, 3.05) is 13.7 Å². The van der Waals surface area contributed by atoms with Gasteiger partial charge < -0.3 is 14.2 Å². The average Bonchev–Trinajstić information content (AvgIpc) is 3.35. The van der Waals surface area contributed by atoms with Crippen molar-refractivity contribution in [1.82, 2.24) is 19.4 Å². The van der Waals surface area contributed by atoms with Crippen molar-refractivity contribution in [3.05, 3.63) is 76.6 Å². The number of hydrogen-bond acceptors (Lipinski definition) is 4. The number of ether oxygens (including phenoxy) is 1. The number of amides is 1. The molecule has 0 bridgehead atoms. The summed E-state index contributed by atoms with van der Waals surface area (Å²) in [5.41, 5.74) is 2.70. The number of rotatable bonds is 5. The summed E-state index contributed by atoms with van der Waals surface area (Å²) >= 11 is 6.15. The summed E-state index contributed by atoms with van der Waals surface area (Å²) in [6, 6.07) is 9.04. The summed E-state index contributed by atoms with van der Waals surface area (Å²) < 4.78 is 7.58. The third kappa shape index (κ3) is 3.85. The minimum Gasteiger partial charge on any atom is -0.496 e. The van der Waals surface area contributed by atoms with E-state index in [9.17, 15) is 4.79 Å².